The highest BCUT2D eigenvalue weighted by molar-refractivity contribution is 7.09. The molecule has 19 heavy (non-hydrogen) atoms. The van der Waals surface area contributed by atoms with Crippen molar-refractivity contribution < 1.29 is 0 Å². The maximum absolute atomic E-state index is 6.17. The molecule has 0 aliphatic carbocycles. The molecule has 1 atom stereocenters. The van der Waals surface area contributed by atoms with Crippen LogP contribution in [-0.2, 0) is 11.8 Å². The molecule has 2 aromatic rings. The first-order valence-corrected chi connectivity index (χ1v) is 7.44. The van der Waals surface area contributed by atoms with E-state index in [1.54, 1.807) is 23.6 Å². The summed E-state index contributed by atoms with van der Waals surface area (Å²) in [5.41, 5.74) is 8.07. The number of nitrogens with zero attached hydrogens (tertiary/aromatic N) is 2. The van der Waals surface area contributed by atoms with Gasteiger partial charge in [0.05, 0.1) is 27.5 Å². The van der Waals surface area contributed by atoms with Crippen molar-refractivity contribution in [2.75, 3.05) is 0 Å². The Balaban J connectivity index is 2.14. The van der Waals surface area contributed by atoms with Gasteiger partial charge in [0.15, 0.2) is 0 Å². The van der Waals surface area contributed by atoms with Crippen molar-refractivity contribution in [1.29, 1.82) is 0 Å². The molecule has 2 rings (SSSR count). The molecule has 0 fully saturated rings. The average molecular weight is 296 g/mol. The van der Waals surface area contributed by atoms with Gasteiger partial charge in [-0.2, -0.15) is 0 Å². The smallest absolute Gasteiger partial charge is 0.0948 e. The lowest BCUT2D eigenvalue weighted by atomic mass is 9.93. The van der Waals surface area contributed by atoms with E-state index in [0.717, 1.165) is 16.4 Å². The number of thiazole rings is 1. The number of aromatic nitrogens is 2. The van der Waals surface area contributed by atoms with Gasteiger partial charge in [-0.25, -0.2) is 4.98 Å². The maximum atomic E-state index is 6.17. The lowest BCUT2D eigenvalue weighted by Gasteiger charge is -2.14. The molecule has 0 aliphatic rings. The second kappa shape index (κ2) is 5.57. The van der Waals surface area contributed by atoms with Crippen LogP contribution < -0.4 is 5.73 Å². The third-order valence-electron chi connectivity index (χ3n) is 2.85. The van der Waals surface area contributed by atoms with Crippen LogP contribution in [0.15, 0.2) is 23.7 Å². The number of hydrogen-bond donors (Lipinski definition) is 1. The van der Waals surface area contributed by atoms with Gasteiger partial charge in [0, 0.05) is 23.4 Å². The first-order chi connectivity index (χ1) is 8.88. The van der Waals surface area contributed by atoms with Gasteiger partial charge in [-0.15, -0.1) is 11.3 Å². The fourth-order valence-corrected chi connectivity index (χ4v) is 3.05. The van der Waals surface area contributed by atoms with Gasteiger partial charge >= 0.3 is 0 Å². The highest BCUT2D eigenvalue weighted by Crippen LogP contribution is 2.27. The SMILES string of the molecule is CC(C)(C)c1csc(CC(N)c2ncccc2Cl)n1. The summed E-state index contributed by atoms with van der Waals surface area (Å²) >= 11 is 7.75. The van der Waals surface area contributed by atoms with Crippen molar-refractivity contribution in [1.82, 2.24) is 9.97 Å². The van der Waals surface area contributed by atoms with Gasteiger partial charge in [0.2, 0.25) is 0 Å². The zero-order valence-electron chi connectivity index (χ0n) is 11.4. The largest absolute Gasteiger partial charge is 0.322 e. The highest BCUT2D eigenvalue weighted by atomic mass is 35.5. The Bertz CT molecular complexity index is 560. The van der Waals surface area contributed by atoms with Crippen molar-refractivity contribution in [3.8, 4) is 0 Å². The first kappa shape index (κ1) is 14.4. The number of pyridine rings is 1. The van der Waals surface area contributed by atoms with Crippen molar-refractivity contribution in [3.05, 3.63) is 45.1 Å². The monoisotopic (exact) mass is 295 g/mol. The minimum absolute atomic E-state index is 0.0709. The van der Waals surface area contributed by atoms with Crippen molar-refractivity contribution in [2.45, 2.75) is 38.6 Å². The van der Waals surface area contributed by atoms with Crippen LogP contribution in [0.4, 0.5) is 0 Å². The van der Waals surface area contributed by atoms with Crippen molar-refractivity contribution in [2.24, 2.45) is 5.73 Å². The summed E-state index contributed by atoms with van der Waals surface area (Å²) in [5, 5.41) is 3.74. The topological polar surface area (TPSA) is 51.8 Å². The fraction of sp³-hybridized carbons (Fsp3) is 0.429. The van der Waals surface area contributed by atoms with Gasteiger partial charge in [-0.1, -0.05) is 32.4 Å². The molecule has 0 spiro atoms. The van der Waals surface area contributed by atoms with Crippen LogP contribution >= 0.6 is 22.9 Å². The Kier molecular flexibility index (Phi) is 4.23. The standard InChI is InChI=1S/C14H18ClN3S/c1-14(2,3)11-8-19-12(18-11)7-10(16)13-9(15)5-4-6-17-13/h4-6,8,10H,7,16H2,1-3H3. The van der Waals surface area contributed by atoms with Gasteiger partial charge in [-0.3, -0.25) is 4.98 Å². The second-order valence-corrected chi connectivity index (χ2v) is 6.91. The minimum atomic E-state index is -0.215. The van der Waals surface area contributed by atoms with Crippen LogP contribution in [0.3, 0.4) is 0 Å². The first-order valence-electron chi connectivity index (χ1n) is 6.19. The number of hydrogen-bond acceptors (Lipinski definition) is 4. The van der Waals surface area contributed by atoms with Gasteiger partial charge in [0.25, 0.3) is 0 Å². The van der Waals surface area contributed by atoms with Crippen LogP contribution in [0, 0.1) is 0 Å². The third kappa shape index (κ3) is 3.53. The number of halogens is 1. The molecule has 3 nitrogen and oxygen atoms in total. The minimum Gasteiger partial charge on any atom is -0.322 e. The number of nitrogens with two attached hydrogens (primary N) is 1. The molecule has 0 saturated carbocycles. The van der Waals surface area contributed by atoms with E-state index in [9.17, 15) is 0 Å². The summed E-state index contributed by atoms with van der Waals surface area (Å²) in [7, 11) is 0. The van der Waals surface area contributed by atoms with E-state index in [-0.39, 0.29) is 11.5 Å². The predicted molar refractivity (Wildman–Crippen MR) is 80.7 cm³/mol. The molecular formula is C14H18ClN3S. The summed E-state index contributed by atoms with van der Waals surface area (Å²) in [4.78, 5) is 8.89. The number of rotatable bonds is 3. The summed E-state index contributed by atoms with van der Waals surface area (Å²) < 4.78 is 0. The summed E-state index contributed by atoms with van der Waals surface area (Å²) in [6, 6.07) is 3.40. The predicted octanol–water partition coefficient (Wildman–Crippen LogP) is 3.73. The normalized spacial score (nSPS) is 13.5. The molecule has 2 N–H and O–H groups in total. The van der Waals surface area contributed by atoms with E-state index in [0.29, 0.717) is 11.4 Å². The fourth-order valence-electron chi connectivity index (χ4n) is 1.70. The molecule has 0 saturated heterocycles. The van der Waals surface area contributed by atoms with Crippen LogP contribution in [0.2, 0.25) is 5.02 Å². The second-order valence-electron chi connectivity index (χ2n) is 5.56. The Hall–Kier alpha value is -0.970. The third-order valence-corrected chi connectivity index (χ3v) is 4.04. The Morgan fingerprint density at radius 1 is 1.42 bits per heavy atom. The molecule has 2 aromatic heterocycles. The lowest BCUT2D eigenvalue weighted by molar-refractivity contribution is 0.568. The quantitative estimate of drug-likeness (QED) is 0.938. The molecular weight excluding hydrogens is 278 g/mol. The van der Waals surface area contributed by atoms with E-state index in [1.165, 1.54) is 0 Å². The summed E-state index contributed by atoms with van der Waals surface area (Å²) in [5.74, 6) is 0. The van der Waals surface area contributed by atoms with Gasteiger partial charge in [0.1, 0.15) is 0 Å². The van der Waals surface area contributed by atoms with E-state index in [4.69, 9.17) is 17.3 Å². The zero-order valence-corrected chi connectivity index (χ0v) is 12.9. The summed E-state index contributed by atoms with van der Waals surface area (Å²) in [6.07, 6.45) is 2.38. The van der Waals surface area contributed by atoms with E-state index < -0.39 is 0 Å². The van der Waals surface area contributed by atoms with Crippen LogP contribution in [0.1, 0.15) is 43.2 Å². The molecule has 0 radical (unpaired) electrons. The molecule has 102 valence electrons. The van der Waals surface area contributed by atoms with Crippen molar-refractivity contribution in [3.63, 3.8) is 0 Å². The Labute approximate surface area is 122 Å². The Morgan fingerprint density at radius 3 is 2.74 bits per heavy atom. The molecule has 0 aromatic carbocycles. The maximum Gasteiger partial charge on any atom is 0.0948 e. The molecule has 5 heteroatoms. The van der Waals surface area contributed by atoms with E-state index in [2.05, 4.69) is 36.1 Å². The Morgan fingerprint density at radius 2 is 2.16 bits per heavy atom. The van der Waals surface area contributed by atoms with Crippen molar-refractivity contribution >= 4 is 22.9 Å². The molecule has 0 bridgehead atoms. The zero-order chi connectivity index (χ0) is 14.0. The summed E-state index contributed by atoms with van der Waals surface area (Å²) in [6.45, 7) is 6.46. The van der Waals surface area contributed by atoms with Crippen LogP contribution in [0.5, 0.6) is 0 Å². The molecule has 0 amide bonds. The average Bonchev–Trinajstić information content (AvgIpc) is 2.77. The highest BCUT2D eigenvalue weighted by Gasteiger charge is 2.19. The van der Waals surface area contributed by atoms with Crippen LogP contribution in [0.25, 0.3) is 0 Å². The van der Waals surface area contributed by atoms with Gasteiger partial charge in [-0.05, 0) is 12.1 Å². The van der Waals surface area contributed by atoms with E-state index in [1.807, 2.05) is 6.07 Å². The molecule has 0 aliphatic heterocycles. The van der Waals surface area contributed by atoms with E-state index >= 15 is 0 Å². The van der Waals surface area contributed by atoms with Crippen LogP contribution in [-0.4, -0.2) is 9.97 Å². The van der Waals surface area contributed by atoms with Gasteiger partial charge < -0.3 is 5.73 Å². The molecule has 1 unspecified atom stereocenters. The lowest BCUT2D eigenvalue weighted by Crippen LogP contribution is -2.16. The molecule has 2 heterocycles.